The molecule has 1 heterocycles. The number of ether oxygens (including phenoxy) is 1. The summed E-state index contributed by atoms with van der Waals surface area (Å²) in [7, 11) is 0. The van der Waals surface area contributed by atoms with E-state index >= 15 is 0 Å². The molecule has 0 aromatic rings. The zero-order valence-corrected chi connectivity index (χ0v) is 13.4. The number of amides is 2. The van der Waals surface area contributed by atoms with E-state index in [9.17, 15) is 4.79 Å². The lowest BCUT2D eigenvalue weighted by Gasteiger charge is -2.48. The van der Waals surface area contributed by atoms with E-state index in [1.807, 2.05) is 4.90 Å². The summed E-state index contributed by atoms with van der Waals surface area (Å²) in [6, 6.07) is 0.0243. The highest BCUT2D eigenvalue weighted by Gasteiger charge is 2.43. The van der Waals surface area contributed by atoms with Crippen LogP contribution in [-0.2, 0) is 4.74 Å². The molecule has 0 bridgehead atoms. The van der Waals surface area contributed by atoms with E-state index in [0.717, 1.165) is 32.2 Å². The van der Waals surface area contributed by atoms with E-state index < -0.39 is 0 Å². The van der Waals surface area contributed by atoms with Gasteiger partial charge in [0.1, 0.15) is 0 Å². The maximum absolute atomic E-state index is 12.3. The zero-order chi connectivity index (χ0) is 15.3. The Hall–Kier alpha value is -0.810. The number of hydrogen-bond donors (Lipinski definition) is 2. The van der Waals surface area contributed by atoms with Gasteiger partial charge in [0.15, 0.2) is 0 Å². The number of morpholine rings is 1. The lowest BCUT2D eigenvalue weighted by Crippen LogP contribution is -2.59. The Morgan fingerprint density at radius 3 is 2.76 bits per heavy atom. The molecule has 0 aromatic heterocycles. The quantitative estimate of drug-likeness (QED) is 0.788. The number of nitrogens with zero attached hydrogens (tertiary/aromatic N) is 1. The normalized spacial score (nSPS) is 22.2. The van der Waals surface area contributed by atoms with E-state index in [-0.39, 0.29) is 18.2 Å². The summed E-state index contributed by atoms with van der Waals surface area (Å²) in [5.74, 6) is 0.942. The Morgan fingerprint density at radius 1 is 1.43 bits per heavy atom. The molecule has 122 valence electrons. The summed E-state index contributed by atoms with van der Waals surface area (Å²) >= 11 is 0. The molecule has 1 spiro atoms. The van der Waals surface area contributed by atoms with Crippen molar-refractivity contribution in [2.75, 3.05) is 32.8 Å². The molecule has 2 fully saturated rings. The third kappa shape index (κ3) is 4.58. The SMILES string of the molecule is CC(C)CC(CCO)CNC(=O)N1CCOC2(CCC2)C1. The van der Waals surface area contributed by atoms with Crippen molar-refractivity contribution in [2.45, 2.75) is 51.6 Å². The number of nitrogens with one attached hydrogen (secondary N) is 1. The molecule has 5 heteroatoms. The molecule has 1 saturated heterocycles. The Labute approximate surface area is 128 Å². The van der Waals surface area contributed by atoms with Crippen LogP contribution in [0.25, 0.3) is 0 Å². The van der Waals surface area contributed by atoms with Gasteiger partial charge in [-0.05, 0) is 43.9 Å². The molecule has 2 aliphatic rings. The molecule has 1 unspecified atom stereocenters. The monoisotopic (exact) mass is 298 g/mol. The first-order valence-corrected chi connectivity index (χ1v) is 8.32. The summed E-state index contributed by atoms with van der Waals surface area (Å²) in [6.45, 7) is 7.26. The zero-order valence-electron chi connectivity index (χ0n) is 13.4. The fourth-order valence-electron chi connectivity index (χ4n) is 3.39. The second-order valence-corrected chi connectivity index (χ2v) is 7.00. The molecule has 2 N–H and O–H groups in total. The molecule has 1 atom stereocenters. The Bertz CT molecular complexity index is 342. The minimum Gasteiger partial charge on any atom is -0.396 e. The molecule has 1 aliphatic carbocycles. The van der Waals surface area contributed by atoms with Crippen LogP contribution in [0.4, 0.5) is 4.79 Å². The summed E-state index contributed by atoms with van der Waals surface area (Å²) in [6.07, 6.45) is 5.16. The highest BCUT2D eigenvalue weighted by Crippen LogP contribution is 2.38. The van der Waals surface area contributed by atoms with Gasteiger partial charge in [0.25, 0.3) is 0 Å². The van der Waals surface area contributed by atoms with Crippen molar-refractivity contribution < 1.29 is 14.6 Å². The van der Waals surface area contributed by atoms with Gasteiger partial charge in [-0.25, -0.2) is 4.79 Å². The number of hydrogen-bond acceptors (Lipinski definition) is 3. The standard InChI is InChI=1S/C16H30N2O3/c1-13(2)10-14(4-8-19)11-17-15(20)18-7-9-21-16(12-18)5-3-6-16/h13-14,19H,3-12H2,1-2H3,(H,17,20). The van der Waals surface area contributed by atoms with Crippen molar-refractivity contribution in [3.05, 3.63) is 0 Å². The fraction of sp³-hybridized carbons (Fsp3) is 0.938. The Kier molecular flexibility index (Phi) is 5.88. The van der Waals surface area contributed by atoms with Gasteiger partial charge in [-0.15, -0.1) is 0 Å². The number of rotatable bonds is 6. The van der Waals surface area contributed by atoms with E-state index in [0.29, 0.717) is 31.5 Å². The smallest absolute Gasteiger partial charge is 0.317 e. The van der Waals surface area contributed by atoms with Crippen LogP contribution in [0, 0.1) is 11.8 Å². The van der Waals surface area contributed by atoms with Crippen LogP contribution in [0.2, 0.25) is 0 Å². The van der Waals surface area contributed by atoms with E-state index in [1.165, 1.54) is 6.42 Å². The molecule has 21 heavy (non-hydrogen) atoms. The van der Waals surface area contributed by atoms with Crippen LogP contribution in [-0.4, -0.2) is 54.5 Å². The third-order valence-electron chi connectivity index (χ3n) is 4.68. The van der Waals surface area contributed by atoms with E-state index in [2.05, 4.69) is 19.2 Å². The maximum atomic E-state index is 12.3. The summed E-state index contributed by atoms with van der Waals surface area (Å²) < 4.78 is 5.84. The second-order valence-electron chi connectivity index (χ2n) is 7.00. The van der Waals surface area contributed by atoms with Gasteiger partial charge in [-0.2, -0.15) is 0 Å². The Balaban J connectivity index is 1.77. The number of aliphatic hydroxyl groups excluding tert-OH is 1. The molecule has 5 nitrogen and oxygen atoms in total. The average Bonchev–Trinajstić information content (AvgIpc) is 2.42. The predicted molar refractivity (Wildman–Crippen MR) is 82.2 cm³/mol. The minimum absolute atomic E-state index is 0.0243. The van der Waals surface area contributed by atoms with Crippen LogP contribution in [0.5, 0.6) is 0 Å². The molecule has 2 rings (SSSR count). The third-order valence-corrected chi connectivity index (χ3v) is 4.68. The van der Waals surface area contributed by atoms with Crippen molar-refractivity contribution in [2.24, 2.45) is 11.8 Å². The van der Waals surface area contributed by atoms with Crippen molar-refractivity contribution in [3.8, 4) is 0 Å². The van der Waals surface area contributed by atoms with Gasteiger partial charge in [0.2, 0.25) is 0 Å². The molecule has 0 aromatic carbocycles. The average molecular weight is 298 g/mol. The van der Waals surface area contributed by atoms with Crippen LogP contribution in [0.1, 0.15) is 46.0 Å². The van der Waals surface area contributed by atoms with Gasteiger partial charge in [-0.3, -0.25) is 0 Å². The van der Waals surface area contributed by atoms with Crippen LogP contribution < -0.4 is 5.32 Å². The summed E-state index contributed by atoms with van der Waals surface area (Å²) in [4.78, 5) is 14.2. The lowest BCUT2D eigenvalue weighted by atomic mass is 9.79. The largest absolute Gasteiger partial charge is 0.396 e. The number of carbonyl (C=O) groups is 1. The molecule has 1 saturated carbocycles. The van der Waals surface area contributed by atoms with Crippen LogP contribution in [0.3, 0.4) is 0 Å². The van der Waals surface area contributed by atoms with Gasteiger partial charge in [0, 0.05) is 19.7 Å². The van der Waals surface area contributed by atoms with Crippen molar-refractivity contribution in [3.63, 3.8) is 0 Å². The number of aliphatic hydroxyl groups is 1. The fourth-order valence-corrected chi connectivity index (χ4v) is 3.39. The van der Waals surface area contributed by atoms with Crippen molar-refractivity contribution >= 4 is 6.03 Å². The molecule has 2 amide bonds. The highest BCUT2D eigenvalue weighted by molar-refractivity contribution is 5.74. The first kappa shape index (κ1) is 16.6. The first-order chi connectivity index (χ1) is 10.0. The van der Waals surface area contributed by atoms with E-state index in [1.54, 1.807) is 0 Å². The lowest BCUT2D eigenvalue weighted by molar-refractivity contribution is -0.141. The van der Waals surface area contributed by atoms with E-state index in [4.69, 9.17) is 9.84 Å². The second kappa shape index (κ2) is 7.45. The van der Waals surface area contributed by atoms with Crippen molar-refractivity contribution in [1.29, 1.82) is 0 Å². The number of urea groups is 1. The molecular formula is C16H30N2O3. The molecule has 0 radical (unpaired) electrons. The van der Waals surface area contributed by atoms with Gasteiger partial charge >= 0.3 is 6.03 Å². The Morgan fingerprint density at radius 2 is 2.19 bits per heavy atom. The predicted octanol–water partition coefficient (Wildman–Crippen LogP) is 2.00. The highest BCUT2D eigenvalue weighted by atomic mass is 16.5. The summed E-state index contributed by atoms with van der Waals surface area (Å²) in [5.41, 5.74) is -0.0436. The molecular weight excluding hydrogens is 268 g/mol. The summed E-state index contributed by atoms with van der Waals surface area (Å²) in [5, 5.41) is 12.2. The maximum Gasteiger partial charge on any atom is 0.317 e. The van der Waals surface area contributed by atoms with Crippen LogP contribution >= 0.6 is 0 Å². The minimum atomic E-state index is -0.0436. The van der Waals surface area contributed by atoms with Crippen LogP contribution in [0.15, 0.2) is 0 Å². The van der Waals surface area contributed by atoms with Gasteiger partial charge < -0.3 is 20.1 Å². The topological polar surface area (TPSA) is 61.8 Å². The number of carbonyl (C=O) groups excluding carboxylic acids is 1. The molecule has 1 aliphatic heterocycles. The van der Waals surface area contributed by atoms with Gasteiger partial charge in [-0.1, -0.05) is 13.8 Å². The van der Waals surface area contributed by atoms with Gasteiger partial charge in [0.05, 0.1) is 18.8 Å². The van der Waals surface area contributed by atoms with Crippen molar-refractivity contribution in [1.82, 2.24) is 10.2 Å². The first-order valence-electron chi connectivity index (χ1n) is 8.32.